The van der Waals surface area contributed by atoms with Crippen LogP contribution in [0.5, 0.6) is 11.5 Å². The number of amides is 1. The van der Waals surface area contributed by atoms with E-state index in [2.05, 4.69) is 5.32 Å². The standard InChI is InChI=1S/C21H19NO6S/c23-21(11-15-5-2-1-3-6-15)22-13-20(18-7-4-10-26-18)29(24,25)16-8-9-17-19(12-16)28-14-27-17/h1-10,12,20H,11,13-14H2,(H,22,23)/t20-/m0/s1. The summed E-state index contributed by atoms with van der Waals surface area (Å²) in [4.78, 5) is 12.4. The van der Waals surface area contributed by atoms with Crippen LogP contribution in [0, 0.1) is 0 Å². The highest BCUT2D eigenvalue weighted by Crippen LogP contribution is 2.37. The molecule has 1 aliphatic heterocycles. The molecule has 0 radical (unpaired) electrons. The maximum absolute atomic E-state index is 13.3. The van der Waals surface area contributed by atoms with E-state index in [-0.39, 0.29) is 36.3 Å². The Morgan fingerprint density at radius 2 is 1.79 bits per heavy atom. The van der Waals surface area contributed by atoms with Crippen molar-refractivity contribution in [1.29, 1.82) is 0 Å². The molecule has 0 spiro atoms. The predicted octanol–water partition coefficient (Wildman–Crippen LogP) is 2.88. The summed E-state index contributed by atoms with van der Waals surface area (Å²) in [6.45, 7) is -0.0635. The van der Waals surface area contributed by atoms with E-state index in [1.165, 1.54) is 18.4 Å². The van der Waals surface area contributed by atoms with Gasteiger partial charge in [0.15, 0.2) is 21.3 Å². The Balaban J connectivity index is 1.55. The molecule has 4 rings (SSSR count). The Morgan fingerprint density at radius 1 is 1.00 bits per heavy atom. The van der Waals surface area contributed by atoms with Gasteiger partial charge in [-0.2, -0.15) is 0 Å². The van der Waals surface area contributed by atoms with Gasteiger partial charge in [0, 0.05) is 12.6 Å². The van der Waals surface area contributed by atoms with Crippen LogP contribution >= 0.6 is 0 Å². The maximum atomic E-state index is 13.3. The maximum Gasteiger partial charge on any atom is 0.231 e. The molecule has 1 N–H and O–H groups in total. The Kier molecular flexibility index (Phi) is 5.26. The summed E-state index contributed by atoms with van der Waals surface area (Å²) >= 11 is 0. The van der Waals surface area contributed by atoms with Crippen LogP contribution in [0.4, 0.5) is 0 Å². The Bertz CT molecular complexity index is 1090. The van der Waals surface area contributed by atoms with Gasteiger partial charge >= 0.3 is 0 Å². The minimum absolute atomic E-state index is 0.0516. The number of rotatable bonds is 7. The molecule has 2 aromatic carbocycles. The highest BCUT2D eigenvalue weighted by molar-refractivity contribution is 7.91. The van der Waals surface area contributed by atoms with Gasteiger partial charge in [0.25, 0.3) is 0 Å². The van der Waals surface area contributed by atoms with Crippen molar-refractivity contribution >= 4 is 15.7 Å². The van der Waals surface area contributed by atoms with Gasteiger partial charge in [-0.25, -0.2) is 8.42 Å². The molecular weight excluding hydrogens is 394 g/mol. The molecule has 8 heteroatoms. The number of sulfone groups is 1. The molecule has 7 nitrogen and oxygen atoms in total. The lowest BCUT2D eigenvalue weighted by molar-refractivity contribution is -0.120. The van der Waals surface area contributed by atoms with Crippen LogP contribution < -0.4 is 14.8 Å². The zero-order chi connectivity index (χ0) is 20.3. The van der Waals surface area contributed by atoms with E-state index in [1.807, 2.05) is 30.3 Å². The second-order valence-corrected chi connectivity index (χ2v) is 8.66. The van der Waals surface area contributed by atoms with Gasteiger partial charge in [-0.1, -0.05) is 30.3 Å². The molecule has 0 unspecified atom stereocenters. The van der Waals surface area contributed by atoms with Gasteiger partial charge in [-0.3, -0.25) is 4.79 Å². The molecule has 1 atom stereocenters. The average molecular weight is 413 g/mol. The fourth-order valence-electron chi connectivity index (χ4n) is 3.11. The minimum Gasteiger partial charge on any atom is -0.468 e. The monoisotopic (exact) mass is 413 g/mol. The third kappa shape index (κ3) is 4.12. The van der Waals surface area contributed by atoms with E-state index >= 15 is 0 Å². The van der Waals surface area contributed by atoms with Gasteiger partial charge in [0.05, 0.1) is 17.6 Å². The molecule has 0 aliphatic carbocycles. The number of hydrogen-bond donors (Lipinski definition) is 1. The fourth-order valence-corrected chi connectivity index (χ4v) is 4.71. The number of carbonyl (C=O) groups is 1. The molecule has 29 heavy (non-hydrogen) atoms. The Labute approximate surface area is 168 Å². The molecule has 1 amide bonds. The van der Waals surface area contributed by atoms with E-state index in [4.69, 9.17) is 13.9 Å². The quantitative estimate of drug-likeness (QED) is 0.640. The van der Waals surface area contributed by atoms with E-state index < -0.39 is 15.1 Å². The average Bonchev–Trinajstić information content (AvgIpc) is 3.40. The van der Waals surface area contributed by atoms with Crippen LogP contribution in [-0.4, -0.2) is 27.7 Å². The second-order valence-electron chi connectivity index (χ2n) is 6.53. The summed E-state index contributed by atoms with van der Waals surface area (Å²) in [7, 11) is -3.86. The first-order chi connectivity index (χ1) is 14.0. The topological polar surface area (TPSA) is 94.8 Å². The first kappa shape index (κ1) is 19.1. The SMILES string of the molecule is O=C(Cc1ccccc1)NC[C@@H](c1ccco1)S(=O)(=O)c1ccc2c(c1)OCO2. The lowest BCUT2D eigenvalue weighted by Gasteiger charge is -2.17. The van der Waals surface area contributed by atoms with Crippen LogP contribution in [0.3, 0.4) is 0 Å². The van der Waals surface area contributed by atoms with Crippen molar-refractivity contribution in [2.75, 3.05) is 13.3 Å². The molecule has 1 aliphatic rings. The summed E-state index contributed by atoms with van der Waals surface area (Å²) in [5.41, 5.74) is 0.846. The van der Waals surface area contributed by atoms with Crippen LogP contribution in [0.2, 0.25) is 0 Å². The van der Waals surface area contributed by atoms with Gasteiger partial charge in [0.1, 0.15) is 11.0 Å². The van der Waals surface area contributed by atoms with E-state index in [1.54, 1.807) is 18.2 Å². The lowest BCUT2D eigenvalue weighted by atomic mass is 10.1. The largest absolute Gasteiger partial charge is 0.468 e. The van der Waals surface area contributed by atoms with Gasteiger partial charge in [-0.15, -0.1) is 0 Å². The summed E-state index contributed by atoms with van der Waals surface area (Å²) in [6.07, 6.45) is 1.57. The number of hydrogen-bond acceptors (Lipinski definition) is 6. The third-order valence-corrected chi connectivity index (χ3v) is 6.66. The molecule has 0 bridgehead atoms. The lowest BCUT2D eigenvalue weighted by Crippen LogP contribution is -2.32. The molecule has 0 saturated carbocycles. The van der Waals surface area contributed by atoms with Gasteiger partial charge in [0.2, 0.25) is 12.7 Å². The number of ether oxygens (including phenoxy) is 2. The van der Waals surface area contributed by atoms with Crippen molar-refractivity contribution in [2.24, 2.45) is 0 Å². The molecular formula is C21H19NO6S. The fraction of sp³-hybridized carbons (Fsp3) is 0.190. The van der Waals surface area contributed by atoms with Crippen molar-refractivity contribution in [3.8, 4) is 11.5 Å². The van der Waals surface area contributed by atoms with Crippen LogP contribution in [0.25, 0.3) is 0 Å². The van der Waals surface area contributed by atoms with Crippen LogP contribution in [-0.2, 0) is 21.1 Å². The van der Waals surface area contributed by atoms with Crippen molar-refractivity contribution in [2.45, 2.75) is 16.6 Å². The molecule has 150 valence electrons. The second kappa shape index (κ2) is 8.00. The van der Waals surface area contributed by atoms with Crippen LogP contribution in [0.15, 0.2) is 76.2 Å². The van der Waals surface area contributed by atoms with Crippen molar-refractivity contribution in [3.63, 3.8) is 0 Å². The molecule has 1 aromatic heterocycles. The van der Waals surface area contributed by atoms with Crippen LogP contribution in [0.1, 0.15) is 16.6 Å². The summed E-state index contributed by atoms with van der Waals surface area (Å²) in [5.74, 6) is 0.850. The number of nitrogens with one attached hydrogen (secondary N) is 1. The third-order valence-electron chi connectivity index (χ3n) is 4.60. The molecule has 3 aromatic rings. The van der Waals surface area contributed by atoms with E-state index in [0.717, 1.165) is 5.56 Å². The highest BCUT2D eigenvalue weighted by Gasteiger charge is 2.33. The highest BCUT2D eigenvalue weighted by atomic mass is 32.2. The number of furan rings is 1. The smallest absolute Gasteiger partial charge is 0.231 e. The first-order valence-corrected chi connectivity index (χ1v) is 10.6. The Hall–Kier alpha value is -3.26. The van der Waals surface area contributed by atoms with E-state index in [0.29, 0.717) is 11.5 Å². The number of benzene rings is 2. The van der Waals surface area contributed by atoms with E-state index in [9.17, 15) is 13.2 Å². The summed E-state index contributed by atoms with van der Waals surface area (Å²) in [6, 6.07) is 16.9. The van der Waals surface area contributed by atoms with Gasteiger partial charge < -0.3 is 19.2 Å². The molecule has 0 saturated heterocycles. The summed E-state index contributed by atoms with van der Waals surface area (Å²) < 4.78 is 42.5. The van der Waals surface area contributed by atoms with Crippen molar-refractivity contribution in [3.05, 3.63) is 78.3 Å². The molecule has 2 heterocycles. The van der Waals surface area contributed by atoms with Crippen molar-refractivity contribution < 1.29 is 27.1 Å². The van der Waals surface area contributed by atoms with Crippen molar-refractivity contribution in [1.82, 2.24) is 5.32 Å². The zero-order valence-corrected chi connectivity index (χ0v) is 16.2. The number of carbonyl (C=O) groups excluding carboxylic acids is 1. The molecule has 0 fully saturated rings. The predicted molar refractivity (Wildman–Crippen MR) is 104 cm³/mol. The minimum atomic E-state index is -3.86. The first-order valence-electron chi connectivity index (χ1n) is 9.01. The number of fused-ring (bicyclic) bond motifs is 1. The zero-order valence-electron chi connectivity index (χ0n) is 15.4. The summed E-state index contributed by atoms with van der Waals surface area (Å²) in [5, 5.41) is 1.64. The Morgan fingerprint density at radius 3 is 2.55 bits per heavy atom. The normalized spacial score (nSPS) is 13.8. The van der Waals surface area contributed by atoms with Gasteiger partial charge in [-0.05, 0) is 29.8 Å².